The van der Waals surface area contributed by atoms with Gasteiger partial charge in [-0.25, -0.2) is 0 Å². The summed E-state index contributed by atoms with van der Waals surface area (Å²) in [5.74, 6) is -0.0755. The molecular formula is C14H22N2O. The van der Waals surface area contributed by atoms with Crippen molar-refractivity contribution in [3.05, 3.63) is 29.8 Å². The normalized spacial score (nSPS) is 13.3. The third kappa shape index (κ3) is 3.30. The van der Waals surface area contributed by atoms with Crippen molar-refractivity contribution in [3.8, 4) is 0 Å². The lowest BCUT2D eigenvalue weighted by atomic mass is 9.87. The summed E-state index contributed by atoms with van der Waals surface area (Å²) in [6.45, 7) is 8.19. The second-order valence-corrected chi connectivity index (χ2v) is 5.48. The summed E-state index contributed by atoms with van der Waals surface area (Å²) >= 11 is 0. The molecule has 0 saturated heterocycles. The molecule has 0 aliphatic carbocycles. The van der Waals surface area contributed by atoms with Gasteiger partial charge in [0.1, 0.15) is 0 Å². The molecule has 1 rings (SSSR count). The molecule has 0 spiro atoms. The molecule has 0 saturated carbocycles. The number of hydrogen-bond donors (Lipinski definition) is 1. The van der Waals surface area contributed by atoms with E-state index in [-0.39, 0.29) is 11.3 Å². The van der Waals surface area contributed by atoms with Gasteiger partial charge in [0.25, 0.3) is 0 Å². The van der Waals surface area contributed by atoms with Crippen molar-refractivity contribution in [2.24, 2.45) is 5.73 Å². The second kappa shape index (κ2) is 4.88. The molecule has 0 aromatic heterocycles. The number of carbonyl (C=O) groups is 1. The maximum Gasteiger partial charge on any atom is 0.243 e. The first-order valence-corrected chi connectivity index (χ1v) is 5.87. The minimum Gasteiger partial charge on any atom is -0.320 e. The fraction of sp³-hybridized carbons (Fsp3) is 0.500. The third-order valence-electron chi connectivity index (χ3n) is 2.84. The number of carbonyl (C=O) groups excluding carboxylic acids is 1. The SMILES string of the molecule is C[C@H](N)C(=O)N(C)c1ccc(C(C)(C)C)cc1. The molecule has 0 heterocycles. The van der Waals surface area contributed by atoms with Crippen LogP contribution in [0.4, 0.5) is 5.69 Å². The Morgan fingerprint density at radius 2 is 1.71 bits per heavy atom. The summed E-state index contributed by atoms with van der Waals surface area (Å²) < 4.78 is 0. The zero-order valence-corrected chi connectivity index (χ0v) is 11.3. The van der Waals surface area contributed by atoms with E-state index in [2.05, 4.69) is 32.9 Å². The smallest absolute Gasteiger partial charge is 0.243 e. The Labute approximate surface area is 104 Å². The van der Waals surface area contributed by atoms with Crippen molar-refractivity contribution >= 4 is 11.6 Å². The van der Waals surface area contributed by atoms with Crippen molar-refractivity contribution < 1.29 is 4.79 Å². The molecule has 1 aromatic rings. The highest BCUT2D eigenvalue weighted by atomic mass is 16.2. The van der Waals surface area contributed by atoms with E-state index in [9.17, 15) is 4.79 Å². The predicted octanol–water partition coefficient (Wildman–Crippen LogP) is 2.29. The van der Waals surface area contributed by atoms with Gasteiger partial charge in [-0.05, 0) is 30.0 Å². The minimum atomic E-state index is -0.470. The zero-order valence-electron chi connectivity index (χ0n) is 11.3. The van der Waals surface area contributed by atoms with Gasteiger partial charge in [-0.3, -0.25) is 4.79 Å². The molecule has 1 amide bonds. The first-order valence-electron chi connectivity index (χ1n) is 5.87. The van der Waals surface area contributed by atoms with Crippen LogP contribution in [-0.4, -0.2) is 19.0 Å². The van der Waals surface area contributed by atoms with Crippen molar-refractivity contribution in [1.82, 2.24) is 0 Å². The van der Waals surface area contributed by atoms with Gasteiger partial charge in [0.05, 0.1) is 6.04 Å². The Kier molecular flexibility index (Phi) is 3.94. The van der Waals surface area contributed by atoms with Gasteiger partial charge in [0.15, 0.2) is 0 Å². The lowest BCUT2D eigenvalue weighted by Crippen LogP contribution is -2.39. The lowest BCUT2D eigenvalue weighted by Gasteiger charge is -2.22. The van der Waals surface area contributed by atoms with Crippen molar-refractivity contribution in [1.29, 1.82) is 0 Å². The van der Waals surface area contributed by atoms with Gasteiger partial charge in [-0.15, -0.1) is 0 Å². The number of anilines is 1. The van der Waals surface area contributed by atoms with Crippen LogP contribution in [0.5, 0.6) is 0 Å². The van der Waals surface area contributed by atoms with Crippen LogP contribution in [0.15, 0.2) is 24.3 Å². The molecule has 0 radical (unpaired) electrons. The average Bonchev–Trinajstić information content (AvgIpc) is 2.26. The molecule has 0 unspecified atom stereocenters. The number of nitrogens with zero attached hydrogens (tertiary/aromatic N) is 1. The van der Waals surface area contributed by atoms with E-state index in [0.717, 1.165) is 5.69 Å². The largest absolute Gasteiger partial charge is 0.320 e. The van der Waals surface area contributed by atoms with E-state index < -0.39 is 6.04 Å². The second-order valence-electron chi connectivity index (χ2n) is 5.48. The summed E-state index contributed by atoms with van der Waals surface area (Å²) in [4.78, 5) is 13.3. The molecule has 0 aliphatic heterocycles. The number of amides is 1. The Hall–Kier alpha value is -1.35. The number of hydrogen-bond acceptors (Lipinski definition) is 2. The van der Waals surface area contributed by atoms with Crippen molar-refractivity contribution in [3.63, 3.8) is 0 Å². The first kappa shape index (κ1) is 13.7. The monoisotopic (exact) mass is 234 g/mol. The molecule has 0 aliphatic rings. The third-order valence-corrected chi connectivity index (χ3v) is 2.84. The Morgan fingerprint density at radius 1 is 1.24 bits per heavy atom. The van der Waals surface area contributed by atoms with Gasteiger partial charge in [0.2, 0.25) is 5.91 Å². The van der Waals surface area contributed by atoms with Gasteiger partial charge in [-0.1, -0.05) is 32.9 Å². The molecule has 0 bridgehead atoms. The number of likely N-dealkylation sites (N-methyl/N-ethyl adjacent to an activating group) is 1. The number of nitrogens with two attached hydrogens (primary N) is 1. The van der Waals surface area contributed by atoms with Gasteiger partial charge in [0, 0.05) is 12.7 Å². The van der Waals surface area contributed by atoms with E-state index >= 15 is 0 Å². The van der Waals surface area contributed by atoms with Crippen molar-refractivity contribution in [2.45, 2.75) is 39.2 Å². The molecule has 0 fully saturated rings. The fourth-order valence-electron chi connectivity index (χ4n) is 1.62. The Bertz CT molecular complexity index is 388. The number of benzene rings is 1. The fourth-order valence-corrected chi connectivity index (χ4v) is 1.62. The summed E-state index contributed by atoms with van der Waals surface area (Å²) in [6, 6.07) is 7.56. The predicted molar refractivity (Wildman–Crippen MR) is 72.2 cm³/mol. The maximum absolute atomic E-state index is 11.7. The summed E-state index contributed by atoms with van der Waals surface area (Å²) in [6.07, 6.45) is 0. The quantitative estimate of drug-likeness (QED) is 0.853. The standard InChI is InChI=1S/C14H22N2O/c1-10(15)13(17)16(5)12-8-6-11(7-9-12)14(2,3)4/h6-10H,15H2,1-5H3/t10-/m0/s1. The highest BCUT2D eigenvalue weighted by molar-refractivity contribution is 5.96. The topological polar surface area (TPSA) is 46.3 Å². The van der Waals surface area contributed by atoms with Crippen LogP contribution in [0.3, 0.4) is 0 Å². The first-order chi connectivity index (χ1) is 7.73. The lowest BCUT2D eigenvalue weighted by molar-refractivity contribution is -0.119. The summed E-state index contributed by atoms with van der Waals surface area (Å²) in [5.41, 5.74) is 7.84. The minimum absolute atomic E-state index is 0.0755. The van der Waals surface area contributed by atoms with Crippen LogP contribution in [0.1, 0.15) is 33.3 Å². The highest BCUT2D eigenvalue weighted by Gasteiger charge is 2.17. The highest BCUT2D eigenvalue weighted by Crippen LogP contribution is 2.24. The average molecular weight is 234 g/mol. The van der Waals surface area contributed by atoms with Crippen LogP contribution in [0.25, 0.3) is 0 Å². The van der Waals surface area contributed by atoms with Crippen LogP contribution >= 0.6 is 0 Å². The van der Waals surface area contributed by atoms with Crippen LogP contribution in [0, 0.1) is 0 Å². The summed E-state index contributed by atoms with van der Waals surface area (Å²) in [7, 11) is 1.75. The van der Waals surface area contributed by atoms with E-state index in [0.29, 0.717) is 0 Å². The van der Waals surface area contributed by atoms with Crippen LogP contribution in [-0.2, 0) is 10.2 Å². The molecule has 1 atom stereocenters. The molecule has 3 nitrogen and oxygen atoms in total. The molecule has 1 aromatic carbocycles. The van der Waals surface area contributed by atoms with Gasteiger partial charge < -0.3 is 10.6 Å². The Balaban J connectivity index is 2.92. The molecular weight excluding hydrogens is 212 g/mol. The Morgan fingerprint density at radius 3 is 2.06 bits per heavy atom. The van der Waals surface area contributed by atoms with E-state index in [1.165, 1.54) is 5.56 Å². The van der Waals surface area contributed by atoms with E-state index in [1.54, 1.807) is 18.9 Å². The van der Waals surface area contributed by atoms with Crippen LogP contribution in [0.2, 0.25) is 0 Å². The van der Waals surface area contributed by atoms with Gasteiger partial charge in [-0.2, -0.15) is 0 Å². The number of rotatable bonds is 2. The van der Waals surface area contributed by atoms with Crippen LogP contribution < -0.4 is 10.6 Å². The van der Waals surface area contributed by atoms with Gasteiger partial charge >= 0.3 is 0 Å². The van der Waals surface area contributed by atoms with E-state index in [4.69, 9.17) is 5.73 Å². The molecule has 94 valence electrons. The zero-order chi connectivity index (χ0) is 13.2. The summed E-state index contributed by atoms with van der Waals surface area (Å²) in [5, 5.41) is 0. The van der Waals surface area contributed by atoms with Crippen molar-refractivity contribution in [2.75, 3.05) is 11.9 Å². The molecule has 3 heteroatoms. The molecule has 2 N–H and O–H groups in total. The van der Waals surface area contributed by atoms with E-state index in [1.807, 2.05) is 12.1 Å². The molecule has 17 heavy (non-hydrogen) atoms. The maximum atomic E-state index is 11.7.